The monoisotopic (exact) mass is 212 g/mol. The summed E-state index contributed by atoms with van der Waals surface area (Å²) in [6.07, 6.45) is 3.51. The molecule has 0 aliphatic rings. The van der Waals surface area contributed by atoms with Gasteiger partial charge in [0.1, 0.15) is 0 Å². The number of hydrogen-bond acceptors (Lipinski definition) is 4. The van der Waals surface area contributed by atoms with Crippen molar-refractivity contribution in [3.8, 4) is 0 Å². The fourth-order valence-electron chi connectivity index (χ4n) is 1.20. The second-order valence-electron chi connectivity index (χ2n) is 2.73. The second kappa shape index (κ2) is 4.97. The fraction of sp³-hybridized carbons (Fsp3) is 0.333. The second-order valence-corrected chi connectivity index (χ2v) is 3.52. The van der Waals surface area contributed by atoms with Gasteiger partial charge in [-0.1, -0.05) is 6.07 Å². The van der Waals surface area contributed by atoms with E-state index in [1.54, 1.807) is 18.3 Å². The lowest BCUT2D eigenvalue weighted by Gasteiger charge is -2.12. The molecule has 0 bridgehead atoms. The summed E-state index contributed by atoms with van der Waals surface area (Å²) in [5.74, 6) is -1.57. The first-order chi connectivity index (χ1) is 6.70. The molecule has 1 unspecified atom stereocenters. The van der Waals surface area contributed by atoms with Gasteiger partial charge >= 0.3 is 5.97 Å². The zero-order valence-corrected chi connectivity index (χ0v) is 8.62. The zero-order chi connectivity index (χ0) is 10.6. The highest BCUT2D eigenvalue weighted by Crippen LogP contribution is 2.24. The largest absolute Gasteiger partial charge is 0.481 e. The molecule has 0 aliphatic carbocycles. The molecule has 0 radical (unpaired) electrons. The van der Waals surface area contributed by atoms with Gasteiger partial charge in [-0.3, -0.25) is 4.79 Å². The van der Waals surface area contributed by atoms with Crippen molar-refractivity contribution in [1.82, 2.24) is 4.98 Å². The molecule has 76 valence electrons. The molecule has 0 spiro atoms. The normalized spacial score (nSPS) is 12.4. The Labute approximate surface area is 86.5 Å². The number of pyridine rings is 1. The Balaban J connectivity index is 3.08. The molecule has 1 aromatic heterocycles. The van der Waals surface area contributed by atoms with E-state index in [0.717, 1.165) is 5.03 Å². The summed E-state index contributed by atoms with van der Waals surface area (Å²) < 4.78 is 0. The lowest BCUT2D eigenvalue weighted by Crippen LogP contribution is -2.21. The summed E-state index contributed by atoms with van der Waals surface area (Å²) in [4.78, 5) is 15.0. The van der Waals surface area contributed by atoms with Crippen molar-refractivity contribution in [3.63, 3.8) is 0 Å². The van der Waals surface area contributed by atoms with E-state index in [4.69, 9.17) is 10.8 Å². The van der Waals surface area contributed by atoms with Crippen LogP contribution in [0.4, 0.5) is 0 Å². The number of carboxylic acids is 1. The zero-order valence-electron chi connectivity index (χ0n) is 7.80. The highest BCUT2D eigenvalue weighted by molar-refractivity contribution is 7.98. The first-order valence-electron chi connectivity index (χ1n) is 4.12. The number of hydrogen-bond donors (Lipinski definition) is 2. The van der Waals surface area contributed by atoms with E-state index in [2.05, 4.69) is 4.98 Å². The number of carbonyl (C=O) groups is 1. The molecule has 14 heavy (non-hydrogen) atoms. The predicted octanol–water partition coefficient (Wildman–Crippen LogP) is 0.930. The highest BCUT2D eigenvalue weighted by Gasteiger charge is 2.21. The molecule has 0 saturated carbocycles. The maximum Gasteiger partial charge on any atom is 0.312 e. The quantitative estimate of drug-likeness (QED) is 0.726. The average molecular weight is 212 g/mol. The minimum absolute atomic E-state index is 0.0919. The van der Waals surface area contributed by atoms with Crippen LogP contribution in [0.25, 0.3) is 0 Å². The maximum atomic E-state index is 10.9. The number of nitrogens with two attached hydrogens (primary N) is 1. The summed E-state index contributed by atoms with van der Waals surface area (Å²) in [7, 11) is 0. The van der Waals surface area contributed by atoms with Crippen LogP contribution < -0.4 is 5.73 Å². The summed E-state index contributed by atoms with van der Waals surface area (Å²) in [6, 6.07) is 3.48. The Morgan fingerprint density at radius 2 is 2.50 bits per heavy atom. The van der Waals surface area contributed by atoms with Gasteiger partial charge in [0.25, 0.3) is 0 Å². The van der Waals surface area contributed by atoms with Crippen molar-refractivity contribution in [1.29, 1.82) is 0 Å². The number of rotatable bonds is 4. The lowest BCUT2D eigenvalue weighted by atomic mass is 10.0. The van der Waals surface area contributed by atoms with E-state index in [1.165, 1.54) is 11.8 Å². The van der Waals surface area contributed by atoms with Crippen LogP contribution in [0.2, 0.25) is 0 Å². The van der Waals surface area contributed by atoms with Crippen LogP contribution in [0, 0.1) is 0 Å². The third-order valence-corrected chi connectivity index (χ3v) is 2.63. The summed E-state index contributed by atoms with van der Waals surface area (Å²) >= 11 is 1.43. The van der Waals surface area contributed by atoms with E-state index < -0.39 is 11.9 Å². The highest BCUT2D eigenvalue weighted by atomic mass is 32.2. The van der Waals surface area contributed by atoms with Crippen LogP contribution in [0.15, 0.2) is 23.4 Å². The van der Waals surface area contributed by atoms with E-state index >= 15 is 0 Å². The van der Waals surface area contributed by atoms with Crippen LogP contribution in [0.3, 0.4) is 0 Å². The van der Waals surface area contributed by atoms with Crippen molar-refractivity contribution in [3.05, 3.63) is 23.9 Å². The number of nitrogens with zero attached hydrogens (tertiary/aromatic N) is 1. The van der Waals surface area contributed by atoms with Crippen LogP contribution in [-0.2, 0) is 4.79 Å². The molecule has 1 rings (SSSR count). The van der Waals surface area contributed by atoms with E-state index in [0.29, 0.717) is 5.56 Å². The average Bonchev–Trinajstić information content (AvgIpc) is 2.19. The number of carboxylic acid groups (broad SMARTS) is 1. The van der Waals surface area contributed by atoms with Gasteiger partial charge in [0.05, 0.1) is 10.9 Å². The Bertz CT molecular complexity index is 330. The van der Waals surface area contributed by atoms with Gasteiger partial charge in [0.2, 0.25) is 0 Å². The predicted molar refractivity (Wildman–Crippen MR) is 55.4 cm³/mol. The van der Waals surface area contributed by atoms with Gasteiger partial charge in [-0.25, -0.2) is 4.98 Å². The van der Waals surface area contributed by atoms with Gasteiger partial charge < -0.3 is 10.8 Å². The molecular formula is C9H12N2O2S. The van der Waals surface area contributed by atoms with Crippen LogP contribution in [0.1, 0.15) is 11.5 Å². The van der Waals surface area contributed by atoms with Crippen LogP contribution in [0.5, 0.6) is 0 Å². The topological polar surface area (TPSA) is 76.2 Å². The summed E-state index contributed by atoms with van der Waals surface area (Å²) in [5.41, 5.74) is 6.10. The first kappa shape index (κ1) is 11.0. The molecule has 0 amide bonds. The Kier molecular flexibility index (Phi) is 3.91. The van der Waals surface area contributed by atoms with Crippen molar-refractivity contribution in [2.45, 2.75) is 10.9 Å². The van der Waals surface area contributed by atoms with E-state index in [-0.39, 0.29) is 6.54 Å². The molecule has 1 atom stereocenters. The molecule has 1 heterocycles. The van der Waals surface area contributed by atoms with Crippen molar-refractivity contribution >= 4 is 17.7 Å². The molecule has 0 aliphatic heterocycles. The smallest absolute Gasteiger partial charge is 0.312 e. The molecular weight excluding hydrogens is 200 g/mol. The third kappa shape index (κ3) is 2.24. The van der Waals surface area contributed by atoms with Gasteiger partial charge in [-0.05, 0) is 17.9 Å². The van der Waals surface area contributed by atoms with E-state index in [9.17, 15) is 4.79 Å². The SMILES string of the molecule is CSc1ncccc1C(CN)C(=O)O. The summed E-state index contributed by atoms with van der Waals surface area (Å²) in [6.45, 7) is 0.0919. The Hall–Kier alpha value is -1.07. The molecule has 0 saturated heterocycles. The standard InChI is InChI=1S/C9H12N2O2S/c1-14-8-6(3-2-4-11-8)7(5-10)9(12)13/h2-4,7H,5,10H2,1H3,(H,12,13). The third-order valence-electron chi connectivity index (χ3n) is 1.90. The van der Waals surface area contributed by atoms with Crippen molar-refractivity contribution in [2.24, 2.45) is 5.73 Å². The summed E-state index contributed by atoms with van der Waals surface area (Å²) in [5, 5.41) is 9.66. The van der Waals surface area contributed by atoms with E-state index in [1.807, 2.05) is 6.26 Å². The van der Waals surface area contributed by atoms with Crippen LogP contribution in [-0.4, -0.2) is 28.9 Å². The van der Waals surface area contributed by atoms with Crippen LogP contribution >= 0.6 is 11.8 Å². The van der Waals surface area contributed by atoms with Crippen molar-refractivity contribution < 1.29 is 9.90 Å². The number of aliphatic carboxylic acids is 1. The maximum absolute atomic E-state index is 10.9. The van der Waals surface area contributed by atoms with Crippen molar-refractivity contribution in [2.75, 3.05) is 12.8 Å². The molecule has 4 nitrogen and oxygen atoms in total. The molecule has 3 N–H and O–H groups in total. The fourth-order valence-corrected chi connectivity index (χ4v) is 1.81. The van der Waals surface area contributed by atoms with Gasteiger partial charge in [0, 0.05) is 12.7 Å². The molecule has 1 aromatic rings. The Morgan fingerprint density at radius 3 is 3.00 bits per heavy atom. The molecule has 0 fully saturated rings. The first-order valence-corrected chi connectivity index (χ1v) is 5.35. The van der Waals surface area contributed by atoms with Gasteiger partial charge in [-0.15, -0.1) is 11.8 Å². The lowest BCUT2D eigenvalue weighted by molar-refractivity contribution is -0.138. The van der Waals surface area contributed by atoms with Gasteiger partial charge in [-0.2, -0.15) is 0 Å². The minimum atomic E-state index is -0.907. The number of thioether (sulfide) groups is 1. The molecule has 5 heteroatoms. The molecule has 0 aromatic carbocycles. The number of aromatic nitrogens is 1. The Morgan fingerprint density at radius 1 is 1.79 bits per heavy atom. The minimum Gasteiger partial charge on any atom is -0.481 e. The van der Waals surface area contributed by atoms with Gasteiger partial charge in [0.15, 0.2) is 0 Å².